The molecule has 0 aliphatic rings. The van der Waals surface area contributed by atoms with Crippen LogP contribution in [-0.4, -0.2) is 14.8 Å². The van der Waals surface area contributed by atoms with Crippen LogP contribution in [0.3, 0.4) is 0 Å². The normalized spacial score (nSPS) is 11.4. The molecule has 3 aromatic rings. The lowest BCUT2D eigenvalue weighted by Crippen LogP contribution is -2.00. The topological polar surface area (TPSA) is 56.7 Å². The monoisotopic (exact) mass is 266 g/mol. The third kappa shape index (κ3) is 1.93. The summed E-state index contributed by atoms with van der Waals surface area (Å²) in [6, 6.07) is 10.2. The second-order valence-corrected chi connectivity index (χ2v) is 5.34. The number of fused-ring (bicyclic) bond motifs is 1. The first-order valence-electron chi connectivity index (χ1n) is 6.75. The number of rotatable bonds is 2. The van der Waals surface area contributed by atoms with E-state index in [1.54, 1.807) is 10.9 Å². The lowest BCUT2D eigenvalue weighted by Gasteiger charge is -2.08. The molecule has 1 aromatic carbocycles. The molecule has 0 amide bonds. The number of aryl methyl sites for hydroxylation is 1. The average Bonchev–Trinajstić information content (AvgIpc) is 2.74. The molecule has 0 fully saturated rings. The Morgan fingerprint density at radius 2 is 2.00 bits per heavy atom. The molecular weight excluding hydrogens is 248 g/mol. The van der Waals surface area contributed by atoms with Crippen LogP contribution in [0.5, 0.6) is 0 Å². The molecule has 20 heavy (non-hydrogen) atoms. The summed E-state index contributed by atoms with van der Waals surface area (Å²) in [5.41, 5.74) is 10.3. The smallest absolute Gasteiger partial charge is 0.125 e. The molecule has 0 atom stereocenters. The van der Waals surface area contributed by atoms with Crippen molar-refractivity contribution in [3.8, 4) is 11.3 Å². The zero-order valence-electron chi connectivity index (χ0n) is 12.0. The van der Waals surface area contributed by atoms with Crippen LogP contribution in [0.2, 0.25) is 0 Å². The highest BCUT2D eigenvalue weighted by Crippen LogP contribution is 2.33. The van der Waals surface area contributed by atoms with Crippen molar-refractivity contribution >= 4 is 16.7 Å². The maximum absolute atomic E-state index is 6.14. The van der Waals surface area contributed by atoms with E-state index in [2.05, 4.69) is 42.1 Å². The number of nitrogens with two attached hydrogens (primary N) is 1. The van der Waals surface area contributed by atoms with E-state index in [4.69, 9.17) is 5.73 Å². The molecule has 0 radical (unpaired) electrons. The molecule has 3 rings (SSSR count). The molecule has 2 aromatic heterocycles. The number of hydrogen-bond acceptors (Lipinski definition) is 3. The van der Waals surface area contributed by atoms with Crippen molar-refractivity contribution in [1.29, 1.82) is 0 Å². The Labute approximate surface area is 118 Å². The molecule has 4 nitrogen and oxygen atoms in total. The lowest BCUT2D eigenvalue weighted by molar-refractivity contribution is 0.780. The minimum absolute atomic E-state index is 0.336. The highest BCUT2D eigenvalue weighted by atomic mass is 15.3. The van der Waals surface area contributed by atoms with E-state index in [1.807, 2.05) is 19.2 Å². The van der Waals surface area contributed by atoms with E-state index in [1.165, 1.54) is 0 Å². The number of hydrogen-bond donors (Lipinski definition) is 1. The maximum Gasteiger partial charge on any atom is 0.125 e. The number of anilines is 1. The number of nitrogen functional groups attached to an aromatic ring is 1. The van der Waals surface area contributed by atoms with Crippen LogP contribution in [0.4, 0.5) is 5.82 Å². The Bertz CT molecular complexity index is 771. The minimum atomic E-state index is 0.336. The molecule has 0 saturated carbocycles. The van der Waals surface area contributed by atoms with Gasteiger partial charge in [-0.25, -0.2) is 0 Å². The van der Waals surface area contributed by atoms with Gasteiger partial charge in [0.25, 0.3) is 0 Å². The molecule has 0 aliphatic heterocycles. The van der Waals surface area contributed by atoms with Crippen LogP contribution in [-0.2, 0) is 7.05 Å². The van der Waals surface area contributed by atoms with Gasteiger partial charge in [0.2, 0.25) is 0 Å². The van der Waals surface area contributed by atoms with Crippen molar-refractivity contribution in [3.63, 3.8) is 0 Å². The quantitative estimate of drug-likeness (QED) is 0.774. The predicted octanol–water partition coefficient (Wildman–Crippen LogP) is 3.34. The second-order valence-electron chi connectivity index (χ2n) is 5.34. The van der Waals surface area contributed by atoms with Crippen molar-refractivity contribution in [1.82, 2.24) is 14.8 Å². The molecule has 4 heteroatoms. The average molecular weight is 266 g/mol. The van der Waals surface area contributed by atoms with Gasteiger partial charge in [0.15, 0.2) is 0 Å². The van der Waals surface area contributed by atoms with Gasteiger partial charge in [-0.3, -0.25) is 9.67 Å². The molecule has 0 unspecified atom stereocenters. The van der Waals surface area contributed by atoms with Crippen molar-refractivity contribution in [2.45, 2.75) is 19.8 Å². The van der Waals surface area contributed by atoms with E-state index in [9.17, 15) is 0 Å². The molecule has 102 valence electrons. The summed E-state index contributed by atoms with van der Waals surface area (Å²) in [4.78, 5) is 4.35. The zero-order valence-corrected chi connectivity index (χ0v) is 12.0. The van der Waals surface area contributed by atoms with E-state index >= 15 is 0 Å². The van der Waals surface area contributed by atoms with E-state index in [0.717, 1.165) is 33.5 Å². The van der Waals surface area contributed by atoms with Gasteiger partial charge in [0.1, 0.15) is 5.82 Å². The first-order chi connectivity index (χ1) is 9.58. The van der Waals surface area contributed by atoms with Gasteiger partial charge < -0.3 is 5.73 Å². The van der Waals surface area contributed by atoms with Crippen molar-refractivity contribution in [2.75, 3.05) is 5.73 Å². The van der Waals surface area contributed by atoms with Gasteiger partial charge in [-0.15, -0.1) is 0 Å². The molecule has 0 aliphatic carbocycles. The molecule has 2 heterocycles. The Kier molecular flexibility index (Phi) is 2.93. The summed E-state index contributed by atoms with van der Waals surface area (Å²) >= 11 is 0. The Morgan fingerprint density at radius 1 is 1.20 bits per heavy atom. The van der Waals surface area contributed by atoms with Gasteiger partial charge in [0.05, 0.1) is 11.2 Å². The first kappa shape index (κ1) is 12.7. The largest absolute Gasteiger partial charge is 0.384 e. The van der Waals surface area contributed by atoms with Crippen LogP contribution in [0.25, 0.3) is 22.2 Å². The van der Waals surface area contributed by atoms with Crippen molar-refractivity contribution in [3.05, 3.63) is 42.1 Å². The van der Waals surface area contributed by atoms with Crippen LogP contribution < -0.4 is 5.73 Å². The Hall–Kier alpha value is -2.36. The van der Waals surface area contributed by atoms with Crippen molar-refractivity contribution < 1.29 is 0 Å². The SMILES string of the molecule is CC(C)c1c(-c2ccc3ncccc3c2)nn(C)c1N. The standard InChI is InChI=1S/C16H18N4/c1-10(2)14-15(19-20(3)16(14)17)12-6-7-13-11(9-12)5-4-8-18-13/h4-10H,17H2,1-3H3. The fraction of sp³-hybridized carbons (Fsp3) is 0.250. The number of nitrogens with zero attached hydrogens (tertiary/aromatic N) is 3. The predicted molar refractivity (Wildman–Crippen MR) is 82.4 cm³/mol. The van der Waals surface area contributed by atoms with Gasteiger partial charge in [0, 0.05) is 29.8 Å². The number of pyridine rings is 1. The van der Waals surface area contributed by atoms with E-state index < -0.39 is 0 Å². The van der Waals surface area contributed by atoms with Crippen molar-refractivity contribution in [2.24, 2.45) is 7.05 Å². The third-order valence-electron chi connectivity index (χ3n) is 3.58. The van der Waals surface area contributed by atoms with Gasteiger partial charge in [-0.05, 0) is 24.1 Å². The summed E-state index contributed by atoms with van der Waals surface area (Å²) in [6.07, 6.45) is 1.81. The van der Waals surface area contributed by atoms with Crippen LogP contribution >= 0.6 is 0 Å². The summed E-state index contributed by atoms with van der Waals surface area (Å²) in [5, 5.41) is 5.69. The zero-order chi connectivity index (χ0) is 14.3. The highest BCUT2D eigenvalue weighted by molar-refractivity contribution is 5.84. The second kappa shape index (κ2) is 4.63. The summed E-state index contributed by atoms with van der Waals surface area (Å²) in [5.74, 6) is 1.07. The molecule has 2 N–H and O–H groups in total. The van der Waals surface area contributed by atoms with Gasteiger partial charge >= 0.3 is 0 Å². The summed E-state index contributed by atoms with van der Waals surface area (Å²) in [6.45, 7) is 4.28. The van der Waals surface area contributed by atoms with Gasteiger partial charge in [-0.1, -0.05) is 26.0 Å². The molecule has 0 bridgehead atoms. The first-order valence-corrected chi connectivity index (χ1v) is 6.75. The highest BCUT2D eigenvalue weighted by Gasteiger charge is 2.18. The Balaban J connectivity index is 2.23. The van der Waals surface area contributed by atoms with Gasteiger partial charge in [-0.2, -0.15) is 5.10 Å². The fourth-order valence-electron chi connectivity index (χ4n) is 2.56. The van der Waals surface area contributed by atoms with E-state index in [0.29, 0.717) is 5.92 Å². The molecule has 0 spiro atoms. The van der Waals surface area contributed by atoms with Crippen LogP contribution in [0, 0.1) is 0 Å². The summed E-state index contributed by atoms with van der Waals surface area (Å²) in [7, 11) is 1.88. The minimum Gasteiger partial charge on any atom is -0.384 e. The number of aromatic nitrogens is 3. The van der Waals surface area contributed by atoms with E-state index in [-0.39, 0.29) is 0 Å². The molecular formula is C16H18N4. The van der Waals surface area contributed by atoms with Crippen LogP contribution in [0.15, 0.2) is 36.5 Å². The fourth-order valence-corrected chi connectivity index (χ4v) is 2.56. The molecule has 0 saturated heterocycles. The van der Waals surface area contributed by atoms with Crippen LogP contribution in [0.1, 0.15) is 25.3 Å². The maximum atomic E-state index is 6.14. The lowest BCUT2D eigenvalue weighted by atomic mass is 9.98. The summed E-state index contributed by atoms with van der Waals surface area (Å²) < 4.78 is 1.75. The Morgan fingerprint density at radius 3 is 2.75 bits per heavy atom. The third-order valence-corrected chi connectivity index (χ3v) is 3.58. The number of benzene rings is 1.